The van der Waals surface area contributed by atoms with Crippen molar-refractivity contribution in [2.75, 3.05) is 53.9 Å². The van der Waals surface area contributed by atoms with Crippen LogP contribution in [0.25, 0.3) is 0 Å². The molecule has 2 N–H and O–H groups in total. The van der Waals surface area contributed by atoms with Crippen LogP contribution in [0.4, 0.5) is 0 Å². The predicted octanol–water partition coefficient (Wildman–Crippen LogP) is 3.18. The Hall–Kier alpha value is -0.0900. The molecule has 12 heteroatoms. The van der Waals surface area contributed by atoms with E-state index in [-0.39, 0.29) is 12.4 Å². The van der Waals surface area contributed by atoms with Gasteiger partial charge in [-0.3, -0.25) is 4.79 Å². The molecule has 33 heavy (non-hydrogen) atoms. The minimum Gasteiger partial charge on any atom is -0.382 e. The van der Waals surface area contributed by atoms with Crippen molar-refractivity contribution in [1.29, 1.82) is 0 Å². The molecule has 4 atom stereocenters. The Bertz CT molecular complexity index is 630. The summed E-state index contributed by atoms with van der Waals surface area (Å²) in [5.41, 5.74) is 0. The van der Waals surface area contributed by atoms with Crippen LogP contribution in [0.5, 0.6) is 0 Å². The van der Waals surface area contributed by atoms with Crippen LogP contribution in [-0.2, 0) is 37.1 Å². The Morgan fingerprint density at radius 2 is 1.67 bits per heavy atom. The normalized spacial score (nSPS) is 22.2. The lowest BCUT2D eigenvalue weighted by molar-refractivity contribution is -0.120. The van der Waals surface area contributed by atoms with Gasteiger partial charge in [0.15, 0.2) is 0 Å². The maximum absolute atomic E-state index is 11.8. The summed E-state index contributed by atoms with van der Waals surface area (Å²) in [6.07, 6.45) is 12.4. The monoisotopic (exact) mass is 516 g/mol. The molecule has 0 aromatic heterocycles. The smallest absolute Gasteiger partial charge is 0.248 e. The summed E-state index contributed by atoms with van der Waals surface area (Å²) < 4.78 is 37.0. The molecule has 0 radical (unpaired) electrons. The van der Waals surface area contributed by atoms with E-state index in [0.29, 0.717) is 52.3 Å². The Morgan fingerprint density at radius 1 is 0.939 bits per heavy atom. The first kappa shape index (κ1) is 30.9. The predicted molar refractivity (Wildman–Crippen MR) is 131 cm³/mol. The molecule has 10 nitrogen and oxygen atoms in total. The second-order valence-corrected chi connectivity index (χ2v) is 11.5. The molecule has 1 heterocycles. The largest absolute Gasteiger partial charge is 0.382 e. The van der Waals surface area contributed by atoms with Crippen LogP contribution in [0.15, 0.2) is 0 Å². The fourth-order valence-corrected chi connectivity index (χ4v) is 4.73. The second kappa shape index (κ2) is 17.4. The number of carbonyl (C=O) groups excluding carboxylic acids is 1. The van der Waals surface area contributed by atoms with Gasteiger partial charge in [0.1, 0.15) is 11.9 Å². The van der Waals surface area contributed by atoms with E-state index in [9.17, 15) is 14.6 Å². The SMILES string of the molecule is C=P(O)(OC)OCC1OCCC1OP(=C)(O)OCCCCCCCC(=O)CCOCCOC. The lowest BCUT2D eigenvalue weighted by Crippen LogP contribution is -2.28. The van der Waals surface area contributed by atoms with Gasteiger partial charge < -0.3 is 42.1 Å². The summed E-state index contributed by atoms with van der Waals surface area (Å²) in [5.74, 6) is 0.225. The first-order valence-electron chi connectivity index (χ1n) is 11.3. The van der Waals surface area contributed by atoms with Crippen molar-refractivity contribution >= 4 is 33.5 Å². The molecule has 0 aliphatic carbocycles. The van der Waals surface area contributed by atoms with Crippen LogP contribution in [0.2, 0.25) is 0 Å². The molecule has 0 saturated carbocycles. The molecular formula is C21H42O10P2. The van der Waals surface area contributed by atoms with Gasteiger partial charge in [0, 0.05) is 40.1 Å². The van der Waals surface area contributed by atoms with Crippen molar-refractivity contribution in [3.05, 3.63) is 0 Å². The fraction of sp³-hybridized carbons (Fsp3) is 0.857. The molecule has 0 bridgehead atoms. The Kier molecular flexibility index (Phi) is 16.3. The number of ether oxygens (including phenoxy) is 3. The van der Waals surface area contributed by atoms with E-state index in [0.717, 1.165) is 32.1 Å². The molecule has 1 fully saturated rings. The summed E-state index contributed by atoms with van der Waals surface area (Å²) in [4.78, 5) is 32.0. The van der Waals surface area contributed by atoms with E-state index in [1.807, 2.05) is 0 Å². The number of hydrogen-bond donors (Lipinski definition) is 2. The lowest BCUT2D eigenvalue weighted by atomic mass is 10.1. The van der Waals surface area contributed by atoms with E-state index in [1.165, 1.54) is 7.11 Å². The van der Waals surface area contributed by atoms with Crippen molar-refractivity contribution in [3.8, 4) is 0 Å². The number of unbranched alkanes of at least 4 members (excludes halogenated alkanes) is 4. The summed E-state index contributed by atoms with van der Waals surface area (Å²) in [7, 11) is -3.42. The van der Waals surface area contributed by atoms with Crippen LogP contribution in [-0.4, -0.2) is 94.2 Å². The van der Waals surface area contributed by atoms with Gasteiger partial charge in [-0.05, 0) is 25.4 Å². The molecule has 0 aromatic rings. The van der Waals surface area contributed by atoms with Crippen LogP contribution in [0.3, 0.4) is 0 Å². The maximum Gasteiger partial charge on any atom is 0.248 e. The van der Waals surface area contributed by atoms with Crippen LogP contribution < -0.4 is 0 Å². The zero-order valence-electron chi connectivity index (χ0n) is 20.0. The van der Waals surface area contributed by atoms with E-state index in [1.54, 1.807) is 7.11 Å². The van der Waals surface area contributed by atoms with Crippen LogP contribution in [0.1, 0.15) is 51.4 Å². The zero-order chi connectivity index (χ0) is 24.6. The summed E-state index contributed by atoms with van der Waals surface area (Å²) >= 11 is 0. The summed E-state index contributed by atoms with van der Waals surface area (Å²) in [6.45, 7) is 2.33. The molecular weight excluding hydrogens is 474 g/mol. The Balaban J connectivity index is 2.09. The maximum atomic E-state index is 11.8. The second-order valence-electron chi connectivity index (χ2n) is 7.84. The first-order chi connectivity index (χ1) is 15.7. The topological polar surface area (TPSA) is 122 Å². The van der Waals surface area contributed by atoms with Crippen LogP contribution >= 0.6 is 15.1 Å². The number of Topliss-reactive ketones (excluding diaryl/α,β-unsaturated/α-hetero) is 1. The molecule has 1 aliphatic heterocycles. The quantitative estimate of drug-likeness (QED) is 0.174. The average molecular weight is 517 g/mol. The van der Waals surface area contributed by atoms with Gasteiger partial charge >= 0.3 is 0 Å². The van der Waals surface area contributed by atoms with Crippen molar-refractivity contribution in [2.24, 2.45) is 0 Å². The van der Waals surface area contributed by atoms with E-state index >= 15 is 0 Å². The number of ketones is 1. The third-order valence-electron chi connectivity index (χ3n) is 5.02. The van der Waals surface area contributed by atoms with Gasteiger partial charge in [0.25, 0.3) is 0 Å². The van der Waals surface area contributed by atoms with Gasteiger partial charge in [-0.2, -0.15) is 0 Å². The third-order valence-corrected chi connectivity index (χ3v) is 7.33. The van der Waals surface area contributed by atoms with Crippen molar-refractivity contribution < 1.29 is 46.9 Å². The Labute approximate surface area is 198 Å². The summed E-state index contributed by atoms with van der Waals surface area (Å²) in [5, 5.41) is 0. The first-order valence-corrected chi connectivity index (χ1v) is 14.9. The van der Waals surface area contributed by atoms with Crippen LogP contribution in [0, 0.1) is 0 Å². The lowest BCUT2D eigenvalue weighted by Gasteiger charge is -2.26. The molecule has 1 aliphatic rings. The van der Waals surface area contributed by atoms with Crippen molar-refractivity contribution in [3.63, 3.8) is 0 Å². The molecule has 1 rings (SSSR count). The number of methoxy groups -OCH3 is 1. The van der Waals surface area contributed by atoms with Gasteiger partial charge in [0.2, 0.25) is 15.1 Å². The number of hydrogen-bond acceptors (Lipinski definition) is 10. The van der Waals surface area contributed by atoms with E-state index in [4.69, 9.17) is 32.3 Å². The standard InChI is InChI=1S/C21H42O10P2/c1-25-16-17-27-14-11-19(22)10-8-6-5-7-9-13-29-33(4,24)31-20-12-15-28-21(20)18-30-32(3,23)26-2/h20-21,23-24H,3-18H2,1-2H3. The van der Waals surface area contributed by atoms with E-state index < -0.39 is 27.3 Å². The van der Waals surface area contributed by atoms with Gasteiger partial charge in [-0.15, -0.1) is 0 Å². The van der Waals surface area contributed by atoms with Gasteiger partial charge in [-0.25, -0.2) is 0 Å². The fourth-order valence-electron chi connectivity index (χ4n) is 3.11. The van der Waals surface area contributed by atoms with Gasteiger partial charge in [-0.1, -0.05) is 19.3 Å². The Morgan fingerprint density at radius 3 is 2.39 bits per heavy atom. The molecule has 0 spiro atoms. The molecule has 1 saturated heterocycles. The number of carbonyl (C=O) groups is 1. The van der Waals surface area contributed by atoms with E-state index in [2.05, 4.69) is 12.6 Å². The molecule has 4 unspecified atom stereocenters. The number of rotatable bonds is 21. The average Bonchev–Trinajstić information content (AvgIpc) is 3.20. The third kappa shape index (κ3) is 15.5. The molecule has 0 amide bonds. The molecule has 0 aromatic carbocycles. The van der Waals surface area contributed by atoms with Crippen molar-refractivity contribution in [2.45, 2.75) is 63.6 Å². The highest BCUT2D eigenvalue weighted by atomic mass is 31.2. The minimum atomic E-state index is -3.24. The minimum absolute atomic E-state index is 0.0373. The zero-order valence-corrected chi connectivity index (χ0v) is 21.8. The molecule has 196 valence electrons. The van der Waals surface area contributed by atoms with Gasteiger partial charge in [0.05, 0.1) is 39.1 Å². The highest BCUT2D eigenvalue weighted by Gasteiger charge is 2.34. The van der Waals surface area contributed by atoms with Crippen molar-refractivity contribution in [1.82, 2.24) is 0 Å². The highest BCUT2D eigenvalue weighted by molar-refractivity contribution is 7.58. The summed E-state index contributed by atoms with van der Waals surface area (Å²) in [6, 6.07) is 0. The highest BCUT2D eigenvalue weighted by Crippen LogP contribution is 2.47.